The Hall–Kier alpha value is -4.71. The number of nitrogens with one attached hydrogen (secondary N) is 1. The van der Waals surface area contributed by atoms with Gasteiger partial charge in [-0.2, -0.15) is 10.1 Å². The number of ketones is 1. The van der Waals surface area contributed by atoms with Gasteiger partial charge < -0.3 is 19.7 Å². The number of halogens is 2. The lowest BCUT2D eigenvalue weighted by molar-refractivity contribution is -0.114. The van der Waals surface area contributed by atoms with Crippen molar-refractivity contribution in [1.29, 1.82) is 0 Å². The average molecular weight is 677 g/mol. The number of pyridine rings is 1. The summed E-state index contributed by atoms with van der Waals surface area (Å²) >= 11 is 13.6. The predicted molar refractivity (Wildman–Crippen MR) is 186 cm³/mol. The highest BCUT2D eigenvalue weighted by Crippen LogP contribution is 2.45. The third kappa shape index (κ3) is 7.32. The Balaban J connectivity index is 1.67. The first-order valence-corrected chi connectivity index (χ1v) is 15.5. The number of hydrogen-bond donors (Lipinski definition) is 1. The first-order valence-electron chi connectivity index (χ1n) is 14.7. The number of nitrogens with zero attached hydrogens (tertiary/aromatic N) is 6. The minimum atomic E-state index is -0.535. The second kappa shape index (κ2) is 14.4. The Morgan fingerprint density at radius 2 is 1.81 bits per heavy atom. The number of aryl methyl sites for hydroxylation is 1. The summed E-state index contributed by atoms with van der Waals surface area (Å²) in [6, 6.07) is 12.1. The van der Waals surface area contributed by atoms with E-state index in [0.29, 0.717) is 34.9 Å². The number of hydrogen-bond acceptors (Lipinski definition) is 9. The number of ether oxygens (including phenoxy) is 2. The van der Waals surface area contributed by atoms with Crippen molar-refractivity contribution in [3.05, 3.63) is 98.5 Å². The highest BCUT2D eigenvalue weighted by Gasteiger charge is 2.25. The highest BCUT2D eigenvalue weighted by molar-refractivity contribution is 6.41. The van der Waals surface area contributed by atoms with E-state index in [2.05, 4.69) is 15.4 Å². The molecule has 244 valence electrons. The fourth-order valence-electron chi connectivity index (χ4n) is 5.20. The fraction of sp³-hybridized carbons (Fsp3) is 0.265. The molecule has 0 spiro atoms. The lowest BCUT2D eigenvalue weighted by Crippen LogP contribution is -2.27. The first-order chi connectivity index (χ1) is 22.5. The van der Waals surface area contributed by atoms with Gasteiger partial charge in [0, 0.05) is 55.5 Å². The van der Waals surface area contributed by atoms with Crippen LogP contribution in [0.5, 0.6) is 11.5 Å². The van der Waals surface area contributed by atoms with Gasteiger partial charge in [-0.15, -0.1) is 0 Å². The lowest BCUT2D eigenvalue weighted by atomic mass is 10.00. The number of carbonyl (C=O) groups excluding carboxylic acids is 1. The van der Waals surface area contributed by atoms with Crippen molar-refractivity contribution in [3.8, 4) is 22.6 Å². The van der Waals surface area contributed by atoms with Crippen LogP contribution in [0, 0.1) is 0 Å². The van der Waals surface area contributed by atoms with Crippen molar-refractivity contribution in [2.45, 2.75) is 19.4 Å². The SMILES string of the molecule is COc1cc(OC)c(Cl)c(-c2cc3cnc(Nc4ccn(C)n4)nc3n(C(C)c3cccc(CC(=O)C=CCN(C)C)c3)c2=O)c1Cl. The second-order valence-corrected chi connectivity index (χ2v) is 12.0. The maximum atomic E-state index is 14.6. The number of benzene rings is 2. The normalized spacial score (nSPS) is 12.2. The molecule has 0 aliphatic heterocycles. The molecule has 1 atom stereocenters. The lowest BCUT2D eigenvalue weighted by Gasteiger charge is -2.21. The molecule has 1 N–H and O–H groups in total. The molecule has 0 saturated carbocycles. The number of anilines is 2. The summed E-state index contributed by atoms with van der Waals surface area (Å²) in [6.07, 6.45) is 7.06. The molecule has 5 aromatic rings. The van der Waals surface area contributed by atoms with Gasteiger partial charge in [0.1, 0.15) is 17.1 Å². The largest absolute Gasteiger partial charge is 0.495 e. The van der Waals surface area contributed by atoms with Crippen molar-refractivity contribution in [1.82, 2.24) is 29.2 Å². The van der Waals surface area contributed by atoms with Crippen molar-refractivity contribution >= 4 is 51.8 Å². The molecule has 3 aromatic heterocycles. The average Bonchev–Trinajstić information content (AvgIpc) is 3.45. The van der Waals surface area contributed by atoms with E-state index in [0.717, 1.165) is 11.1 Å². The standard InChI is InChI=1S/C34H35Cl2N7O4/c1-20(22-10-7-9-21(15-22)16-24(44)11-8-13-41(2)3)43-32-23(19-37-34(39-32)38-28-12-14-42(4)40-28)17-25(33(43)45)29-30(35)26(46-5)18-27(47-6)31(29)36/h7-12,14-15,17-20H,13,16H2,1-6H3,(H,37,38,39,40). The Bertz CT molecular complexity index is 2010. The molecule has 0 amide bonds. The van der Waals surface area contributed by atoms with Gasteiger partial charge in [-0.05, 0) is 44.3 Å². The van der Waals surface area contributed by atoms with Crippen LogP contribution >= 0.6 is 23.2 Å². The molecule has 1 unspecified atom stereocenters. The van der Waals surface area contributed by atoms with Crippen molar-refractivity contribution in [3.63, 3.8) is 0 Å². The van der Waals surface area contributed by atoms with Crippen LogP contribution in [0.15, 0.2) is 71.8 Å². The zero-order valence-corrected chi connectivity index (χ0v) is 28.4. The zero-order valence-electron chi connectivity index (χ0n) is 26.9. The van der Waals surface area contributed by atoms with Crippen LogP contribution in [0.1, 0.15) is 24.1 Å². The molecule has 47 heavy (non-hydrogen) atoms. The third-order valence-corrected chi connectivity index (χ3v) is 8.29. The number of rotatable bonds is 12. The van der Waals surface area contributed by atoms with E-state index in [1.54, 1.807) is 53.0 Å². The van der Waals surface area contributed by atoms with E-state index in [9.17, 15) is 9.59 Å². The molecular formula is C34H35Cl2N7O4. The summed E-state index contributed by atoms with van der Waals surface area (Å²) in [5.74, 6) is 1.38. The van der Waals surface area contributed by atoms with E-state index in [-0.39, 0.29) is 39.3 Å². The zero-order chi connectivity index (χ0) is 33.8. The minimum absolute atomic E-state index is 0.0181. The maximum Gasteiger partial charge on any atom is 0.260 e. The van der Waals surface area contributed by atoms with Crippen molar-refractivity contribution < 1.29 is 14.3 Å². The molecule has 13 heteroatoms. The molecule has 0 aliphatic rings. The molecule has 0 fully saturated rings. The van der Waals surface area contributed by atoms with Crippen molar-refractivity contribution in [2.24, 2.45) is 7.05 Å². The number of carbonyl (C=O) groups is 1. The van der Waals surface area contributed by atoms with Gasteiger partial charge in [-0.1, -0.05) is 53.5 Å². The summed E-state index contributed by atoms with van der Waals surface area (Å²) in [7, 11) is 8.63. The van der Waals surface area contributed by atoms with E-state index in [1.807, 2.05) is 56.3 Å². The van der Waals surface area contributed by atoms with Crippen LogP contribution in [0.4, 0.5) is 11.8 Å². The predicted octanol–water partition coefficient (Wildman–Crippen LogP) is 6.10. The fourth-order valence-corrected chi connectivity index (χ4v) is 5.91. The van der Waals surface area contributed by atoms with Crippen molar-refractivity contribution in [2.75, 3.05) is 40.2 Å². The van der Waals surface area contributed by atoms with Gasteiger partial charge in [0.25, 0.3) is 5.56 Å². The van der Waals surface area contributed by atoms with Gasteiger partial charge in [-0.25, -0.2) is 4.98 Å². The summed E-state index contributed by atoms with van der Waals surface area (Å²) in [5, 5.41) is 8.32. The highest BCUT2D eigenvalue weighted by atomic mass is 35.5. The molecule has 0 saturated heterocycles. The number of allylic oxidation sites excluding steroid dienone is 1. The van der Waals surface area contributed by atoms with E-state index < -0.39 is 11.6 Å². The topological polar surface area (TPSA) is 116 Å². The Kier molecular flexibility index (Phi) is 10.3. The number of fused-ring (bicyclic) bond motifs is 1. The van der Waals surface area contributed by atoms with Crippen LogP contribution in [0.2, 0.25) is 10.0 Å². The van der Waals surface area contributed by atoms with E-state index in [1.165, 1.54) is 14.2 Å². The van der Waals surface area contributed by atoms with Crippen LogP contribution in [-0.2, 0) is 18.3 Å². The number of methoxy groups -OCH3 is 2. The molecular weight excluding hydrogens is 641 g/mol. The second-order valence-electron chi connectivity index (χ2n) is 11.2. The van der Waals surface area contributed by atoms with Crippen LogP contribution in [-0.4, -0.2) is 69.9 Å². The van der Waals surface area contributed by atoms with Crippen LogP contribution < -0.4 is 20.3 Å². The monoisotopic (exact) mass is 675 g/mol. The van der Waals surface area contributed by atoms with Gasteiger partial charge in [0.2, 0.25) is 5.95 Å². The van der Waals surface area contributed by atoms with Crippen LogP contribution in [0.25, 0.3) is 22.2 Å². The molecule has 3 heterocycles. The summed E-state index contributed by atoms with van der Waals surface area (Å²) < 4.78 is 14.2. The quantitative estimate of drug-likeness (QED) is 0.157. The smallest absolute Gasteiger partial charge is 0.260 e. The van der Waals surface area contributed by atoms with Gasteiger partial charge in [0.15, 0.2) is 11.6 Å². The van der Waals surface area contributed by atoms with Gasteiger partial charge >= 0.3 is 0 Å². The number of likely N-dealkylation sites (N-methyl/N-ethyl adjacent to an activating group) is 1. The van der Waals surface area contributed by atoms with Gasteiger partial charge in [0.05, 0.1) is 35.9 Å². The van der Waals surface area contributed by atoms with Gasteiger partial charge in [-0.3, -0.25) is 18.8 Å². The molecule has 0 bridgehead atoms. The Morgan fingerprint density at radius 3 is 2.45 bits per heavy atom. The van der Waals surface area contributed by atoms with Crippen LogP contribution in [0.3, 0.4) is 0 Å². The summed E-state index contributed by atoms with van der Waals surface area (Å²) in [4.78, 5) is 38.5. The summed E-state index contributed by atoms with van der Waals surface area (Å²) in [5.41, 5.74) is 2.05. The Morgan fingerprint density at radius 1 is 1.09 bits per heavy atom. The van der Waals surface area contributed by atoms with E-state index in [4.69, 9.17) is 37.7 Å². The molecule has 11 nitrogen and oxygen atoms in total. The number of aromatic nitrogens is 5. The molecule has 2 aromatic carbocycles. The van der Waals surface area contributed by atoms with E-state index >= 15 is 0 Å². The maximum absolute atomic E-state index is 14.6. The summed E-state index contributed by atoms with van der Waals surface area (Å²) in [6.45, 7) is 2.56. The molecule has 5 rings (SSSR count). The molecule has 0 aliphatic carbocycles. The first kappa shape index (κ1) is 33.6. The minimum Gasteiger partial charge on any atom is -0.495 e. The molecule has 0 radical (unpaired) electrons. The Labute approximate surface area is 282 Å². The third-order valence-electron chi connectivity index (χ3n) is 7.54.